The van der Waals surface area contributed by atoms with Crippen LogP contribution in [0.2, 0.25) is 5.02 Å². The van der Waals surface area contributed by atoms with Crippen molar-refractivity contribution in [2.75, 3.05) is 0 Å². The second kappa shape index (κ2) is 5.73. The predicted molar refractivity (Wildman–Crippen MR) is 78.3 cm³/mol. The first-order chi connectivity index (χ1) is 10.1. The van der Waals surface area contributed by atoms with Crippen molar-refractivity contribution in [1.29, 1.82) is 0 Å². The highest BCUT2D eigenvalue weighted by Crippen LogP contribution is 2.33. The quantitative estimate of drug-likeness (QED) is 0.850. The molecule has 1 aliphatic rings. The monoisotopic (exact) mass is 309 g/mol. The minimum absolute atomic E-state index is 0.124. The molecule has 0 spiro atoms. The standard InChI is InChI=1S/C15H17ClFN3O/c16-10-5-6-12(17)11(9-10)13-19-14(20-21-13)15(18)7-3-1-2-4-8-15/h5-6,9H,1-4,7-8,18H2. The van der Waals surface area contributed by atoms with Crippen LogP contribution in [0.3, 0.4) is 0 Å². The molecule has 112 valence electrons. The van der Waals surface area contributed by atoms with Gasteiger partial charge in [-0.2, -0.15) is 4.98 Å². The zero-order valence-corrected chi connectivity index (χ0v) is 12.4. The summed E-state index contributed by atoms with van der Waals surface area (Å²) in [5, 5.41) is 4.40. The van der Waals surface area contributed by atoms with Crippen LogP contribution in [0.25, 0.3) is 11.5 Å². The fraction of sp³-hybridized carbons (Fsp3) is 0.467. The maximum atomic E-state index is 13.8. The van der Waals surface area contributed by atoms with E-state index in [1.54, 1.807) is 0 Å². The molecule has 6 heteroatoms. The molecule has 21 heavy (non-hydrogen) atoms. The minimum Gasteiger partial charge on any atom is -0.334 e. The van der Waals surface area contributed by atoms with Crippen LogP contribution in [0.4, 0.5) is 4.39 Å². The number of hydrogen-bond donors (Lipinski definition) is 1. The second-order valence-electron chi connectivity index (χ2n) is 5.62. The number of benzene rings is 1. The molecule has 0 unspecified atom stereocenters. The van der Waals surface area contributed by atoms with Crippen molar-refractivity contribution in [2.45, 2.75) is 44.1 Å². The molecule has 2 N–H and O–H groups in total. The Balaban J connectivity index is 1.94. The second-order valence-corrected chi connectivity index (χ2v) is 6.05. The molecule has 1 aromatic carbocycles. The lowest BCUT2D eigenvalue weighted by Crippen LogP contribution is -2.37. The van der Waals surface area contributed by atoms with Crippen molar-refractivity contribution < 1.29 is 8.91 Å². The molecule has 4 nitrogen and oxygen atoms in total. The third kappa shape index (κ3) is 2.94. The van der Waals surface area contributed by atoms with Crippen molar-refractivity contribution in [3.63, 3.8) is 0 Å². The summed E-state index contributed by atoms with van der Waals surface area (Å²) in [5.74, 6) is 0.138. The molecular weight excluding hydrogens is 293 g/mol. The van der Waals surface area contributed by atoms with Gasteiger partial charge in [-0.1, -0.05) is 42.4 Å². The Bertz CT molecular complexity index is 636. The first-order valence-corrected chi connectivity index (χ1v) is 7.55. The summed E-state index contributed by atoms with van der Waals surface area (Å²) in [7, 11) is 0. The maximum absolute atomic E-state index is 13.8. The van der Waals surface area contributed by atoms with Gasteiger partial charge in [-0.05, 0) is 31.0 Å². The lowest BCUT2D eigenvalue weighted by molar-refractivity contribution is 0.334. The van der Waals surface area contributed by atoms with E-state index in [0.717, 1.165) is 25.7 Å². The molecule has 1 aliphatic carbocycles. The molecule has 1 fully saturated rings. The van der Waals surface area contributed by atoms with Gasteiger partial charge >= 0.3 is 0 Å². The van der Waals surface area contributed by atoms with E-state index in [4.69, 9.17) is 21.9 Å². The third-order valence-corrected chi connectivity index (χ3v) is 4.26. The summed E-state index contributed by atoms with van der Waals surface area (Å²) in [4.78, 5) is 4.32. The van der Waals surface area contributed by atoms with Crippen molar-refractivity contribution in [3.8, 4) is 11.5 Å². The van der Waals surface area contributed by atoms with Gasteiger partial charge in [-0.25, -0.2) is 4.39 Å². The minimum atomic E-state index is -0.576. The van der Waals surface area contributed by atoms with Crippen molar-refractivity contribution in [3.05, 3.63) is 34.9 Å². The van der Waals surface area contributed by atoms with Crippen LogP contribution in [-0.4, -0.2) is 10.1 Å². The zero-order valence-electron chi connectivity index (χ0n) is 11.6. The van der Waals surface area contributed by atoms with Crippen molar-refractivity contribution in [1.82, 2.24) is 10.1 Å². The largest absolute Gasteiger partial charge is 0.334 e. The molecular formula is C15H17ClFN3O. The van der Waals surface area contributed by atoms with Gasteiger partial charge in [0, 0.05) is 5.02 Å². The molecule has 1 aromatic heterocycles. The van der Waals surface area contributed by atoms with Gasteiger partial charge in [-0.15, -0.1) is 0 Å². The van der Waals surface area contributed by atoms with Gasteiger partial charge in [0.25, 0.3) is 5.89 Å². The normalized spacial score (nSPS) is 18.4. The van der Waals surface area contributed by atoms with E-state index in [-0.39, 0.29) is 11.5 Å². The predicted octanol–water partition coefficient (Wildman–Crippen LogP) is 4.04. The van der Waals surface area contributed by atoms with E-state index in [9.17, 15) is 4.39 Å². The molecule has 2 aromatic rings. The number of halogens is 2. The number of hydrogen-bond acceptors (Lipinski definition) is 4. The Morgan fingerprint density at radius 1 is 1.19 bits per heavy atom. The smallest absolute Gasteiger partial charge is 0.261 e. The number of nitrogens with zero attached hydrogens (tertiary/aromatic N) is 2. The zero-order chi connectivity index (χ0) is 14.9. The van der Waals surface area contributed by atoms with Gasteiger partial charge in [-0.3, -0.25) is 0 Å². The van der Waals surface area contributed by atoms with E-state index in [2.05, 4.69) is 10.1 Å². The Hall–Kier alpha value is -1.46. The Labute approximate surface area is 127 Å². The van der Waals surface area contributed by atoms with Crippen LogP contribution < -0.4 is 5.73 Å². The van der Waals surface area contributed by atoms with Crippen LogP contribution in [-0.2, 0) is 5.54 Å². The Kier molecular flexibility index (Phi) is 3.95. The van der Waals surface area contributed by atoms with Crippen LogP contribution in [0.5, 0.6) is 0 Å². The van der Waals surface area contributed by atoms with E-state index in [1.165, 1.54) is 31.0 Å². The fourth-order valence-corrected chi connectivity index (χ4v) is 2.95. The first kappa shape index (κ1) is 14.5. The molecule has 0 amide bonds. The lowest BCUT2D eigenvalue weighted by Gasteiger charge is -2.23. The topological polar surface area (TPSA) is 64.9 Å². The summed E-state index contributed by atoms with van der Waals surface area (Å²) in [6, 6.07) is 4.24. The van der Waals surface area contributed by atoms with Crippen LogP contribution in [0.15, 0.2) is 22.7 Å². The SMILES string of the molecule is NC1(c2noc(-c3cc(Cl)ccc3F)n2)CCCCCC1. The van der Waals surface area contributed by atoms with Gasteiger partial charge < -0.3 is 10.3 Å². The van der Waals surface area contributed by atoms with Gasteiger partial charge in [0.05, 0.1) is 11.1 Å². The average molecular weight is 310 g/mol. The highest BCUT2D eigenvalue weighted by molar-refractivity contribution is 6.30. The molecule has 3 rings (SSSR count). The van der Waals surface area contributed by atoms with E-state index < -0.39 is 11.4 Å². The molecule has 0 bridgehead atoms. The average Bonchev–Trinajstić information content (AvgIpc) is 2.86. The van der Waals surface area contributed by atoms with Crippen molar-refractivity contribution >= 4 is 11.6 Å². The van der Waals surface area contributed by atoms with Crippen molar-refractivity contribution in [2.24, 2.45) is 5.73 Å². The van der Waals surface area contributed by atoms with Crippen LogP contribution in [0.1, 0.15) is 44.3 Å². The van der Waals surface area contributed by atoms with E-state index in [1.807, 2.05) is 0 Å². The van der Waals surface area contributed by atoms with E-state index in [0.29, 0.717) is 10.8 Å². The van der Waals surface area contributed by atoms with Gasteiger partial charge in [0.2, 0.25) is 0 Å². The van der Waals surface area contributed by atoms with E-state index >= 15 is 0 Å². The van der Waals surface area contributed by atoms with Gasteiger partial charge in [0.1, 0.15) is 5.82 Å². The summed E-state index contributed by atoms with van der Waals surface area (Å²) < 4.78 is 19.1. The summed E-state index contributed by atoms with van der Waals surface area (Å²) in [6.07, 6.45) is 6.09. The maximum Gasteiger partial charge on any atom is 0.261 e. The molecule has 0 atom stereocenters. The van der Waals surface area contributed by atoms with Gasteiger partial charge in [0.15, 0.2) is 5.82 Å². The highest BCUT2D eigenvalue weighted by atomic mass is 35.5. The highest BCUT2D eigenvalue weighted by Gasteiger charge is 2.33. The van der Waals surface area contributed by atoms with Crippen LogP contribution in [0, 0.1) is 5.82 Å². The third-order valence-electron chi connectivity index (χ3n) is 4.03. The molecule has 0 radical (unpaired) electrons. The molecule has 1 heterocycles. The number of rotatable bonds is 2. The summed E-state index contributed by atoms with van der Waals surface area (Å²) in [5.41, 5.74) is 6.07. The van der Waals surface area contributed by atoms with Crippen LogP contribution >= 0.6 is 11.6 Å². The molecule has 1 saturated carbocycles. The molecule has 0 aliphatic heterocycles. The lowest BCUT2D eigenvalue weighted by atomic mass is 9.91. The summed E-state index contributed by atoms with van der Waals surface area (Å²) >= 11 is 5.89. The fourth-order valence-electron chi connectivity index (χ4n) is 2.78. The Morgan fingerprint density at radius 2 is 1.90 bits per heavy atom. The Morgan fingerprint density at radius 3 is 2.62 bits per heavy atom. The summed E-state index contributed by atoms with van der Waals surface area (Å²) in [6.45, 7) is 0. The first-order valence-electron chi connectivity index (χ1n) is 7.17. The molecule has 0 saturated heterocycles. The number of aromatic nitrogens is 2. The number of nitrogens with two attached hydrogens (primary N) is 1.